The van der Waals surface area contributed by atoms with Gasteiger partial charge in [0.1, 0.15) is 0 Å². The SMILES string of the molecule is CCCC(=O)N1CCSC(=O)C1=O. The van der Waals surface area contributed by atoms with E-state index in [4.69, 9.17) is 0 Å². The normalized spacial score (nSPS) is 17.8. The summed E-state index contributed by atoms with van der Waals surface area (Å²) in [6.45, 7) is 2.23. The summed E-state index contributed by atoms with van der Waals surface area (Å²) in [6, 6.07) is 0. The lowest BCUT2D eigenvalue weighted by Gasteiger charge is -2.22. The van der Waals surface area contributed by atoms with Gasteiger partial charge >= 0.3 is 5.91 Å². The summed E-state index contributed by atoms with van der Waals surface area (Å²) < 4.78 is 0. The molecular weight excluding hydrogens is 190 g/mol. The number of nitrogens with zero attached hydrogens (tertiary/aromatic N) is 1. The number of hydrogen-bond acceptors (Lipinski definition) is 4. The maximum absolute atomic E-state index is 11.3. The highest BCUT2D eigenvalue weighted by Gasteiger charge is 2.30. The molecule has 1 fully saturated rings. The van der Waals surface area contributed by atoms with Crippen molar-refractivity contribution in [1.82, 2.24) is 4.90 Å². The van der Waals surface area contributed by atoms with Crippen LogP contribution in [0.25, 0.3) is 0 Å². The summed E-state index contributed by atoms with van der Waals surface area (Å²) in [7, 11) is 0. The number of hydrogen-bond donors (Lipinski definition) is 0. The molecule has 0 bridgehead atoms. The Balaban J connectivity index is 2.63. The Morgan fingerprint density at radius 1 is 1.54 bits per heavy atom. The van der Waals surface area contributed by atoms with Crippen LogP contribution in [0, 0.1) is 0 Å². The smallest absolute Gasteiger partial charge is 0.276 e. The van der Waals surface area contributed by atoms with Crippen molar-refractivity contribution in [3.05, 3.63) is 0 Å². The predicted octanol–water partition coefficient (Wildman–Crippen LogP) is 0.415. The molecule has 0 aromatic carbocycles. The molecule has 0 spiro atoms. The van der Waals surface area contributed by atoms with Gasteiger partial charge in [-0.1, -0.05) is 18.7 Å². The molecule has 0 unspecified atom stereocenters. The Morgan fingerprint density at radius 3 is 2.85 bits per heavy atom. The van der Waals surface area contributed by atoms with Crippen LogP contribution in [-0.2, 0) is 14.4 Å². The number of imide groups is 1. The van der Waals surface area contributed by atoms with Gasteiger partial charge in [0.2, 0.25) is 5.91 Å². The second-order valence-electron chi connectivity index (χ2n) is 2.74. The van der Waals surface area contributed by atoms with Crippen molar-refractivity contribution in [1.29, 1.82) is 0 Å². The van der Waals surface area contributed by atoms with Crippen molar-refractivity contribution < 1.29 is 14.4 Å². The Labute approximate surface area is 80.7 Å². The van der Waals surface area contributed by atoms with Crippen molar-refractivity contribution in [3.8, 4) is 0 Å². The molecule has 0 N–H and O–H groups in total. The average molecular weight is 201 g/mol. The van der Waals surface area contributed by atoms with Crippen LogP contribution in [0.2, 0.25) is 0 Å². The molecule has 0 radical (unpaired) electrons. The Bertz CT molecular complexity index is 252. The molecule has 0 aromatic heterocycles. The van der Waals surface area contributed by atoms with E-state index in [2.05, 4.69) is 0 Å². The molecule has 72 valence electrons. The van der Waals surface area contributed by atoms with Gasteiger partial charge in [-0.15, -0.1) is 0 Å². The molecule has 1 aliphatic rings. The lowest BCUT2D eigenvalue weighted by atomic mass is 10.3. The zero-order valence-electron chi connectivity index (χ0n) is 7.41. The van der Waals surface area contributed by atoms with Crippen molar-refractivity contribution in [3.63, 3.8) is 0 Å². The van der Waals surface area contributed by atoms with Gasteiger partial charge in [-0.05, 0) is 6.42 Å². The lowest BCUT2D eigenvalue weighted by Crippen LogP contribution is -2.44. The molecule has 4 nitrogen and oxygen atoms in total. The highest BCUT2D eigenvalue weighted by molar-refractivity contribution is 8.15. The summed E-state index contributed by atoms with van der Waals surface area (Å²) in [6.07, 6.45) is 1.04. The summed E-state index contributed by atoms with van der Waals surface area (Å²) in [5.74, 6) is -0.365. The predicted molar refractivity (Wildman–Crippen MR) is 49.1 cm³/mol. The highest BCUT2D eigenvalue weighted by atomic mass is 32.2. The minimum atomic E-state index is -0.658. The van der Waals surface area contributed by atoms with Crippen LogP contribution in [0.4, 0.5) is 0 Å². The van der Waals surface area contributed by atoms with E-state index in [1.54, 1.807) is 0 Å². The monoisotopic (exact) mass is 201 g/mol. The van der Waals surface area contributed by atoms with E-state index in [1.807, 2.05) is 6.92 Å². The van der Waals surface area contributed by atoms with Gasteiger partial charge in [0.25, 0.3) is 5.12 Å². The second-order valence-corrected chi connectivity index (χ2v) is 3.80. The van der Waals surface area contributed by atoms with Crippen LogP contribution in [-0.4, -0.2) is 34.1 Å². The number of thioether (sulfide) groups is 1. The minimum absolute atomic E-state index is 0.235. The van der Waals surface area contributed by atoms with Gasteiger partial charge in [0.15, 0.2) is 0 Å². The molecule has 0 atom stereocenters. The van der Waals surface area contributed by atoms with E-state index in [1.165, 1.54) is 0 Å². The standard InChI is InChI=1S/C8H11NO3S/c1-2-3-6(10)9-4-5-13-8(12)7(9)11/h2-5H2,1H3. The fourth-order valence-corrected chi connectivity index (χ4v) is 1.78. The Hall–Kier alpha value is -0.840. The summed E-state index contributed by atoms with van der Waals surface area (Å²) in [5.41, 5.74) is 0. The first kappa shape index (κ1) is 10.2. The van der Waals surface area contributed by atoms with Crippen molar-refractivity contribution in [2.75, 3.05) is 12.3 Å². The van der Waals surface area contributed by atoms with Crippen LogP contribution in [0.5, 0.6) is 0 Å². The molecule has 0 aliphatic carbocycles. The number of amides is 2. The molecule has 0 saturated carbocycles. The number of carbonyl (C=O) groups excluding carboxylic acids is 3. The van der Waals surface area contributed by atoms with Crippen LogP contribution in [0.15, 0.2) is 0 Å². The van der Waals surface area contributed by atoms with Gasteiger partial charge in [0, 0.05) is 18.7 Å². The molecular formula is C8H11NO3S. The van der Waals surface area contributed by atoms with Crippen LogP contribution >= 0.6 is 11.8 Å². The number of rotatable bonds is 2. The summed E-state index contributed by atoms with van der Waals surface area (Å²) >= 11 is 0.983. The van der Waals surface area contributed by atoms with Crippen LogP contribution < -0.4 is 0 Å². The highest BCUT2D eigenvalue weighted by Crippen LogP contribution is 2.13. The van der Waals surface area contributed by atoms with E-state index in [-0.39, 0.29) is 5.91 Å². The Kier molecular flexibility index (Phi) is 3.48. The maximum Gasteiger partial charge on any atom is 0.307 e. The first-order valence-electron chi connectivity index (χ1n) is 4.18. The second kappa shape index (κ2) is 4.41. The molecule has 2 amide bonds. The third-order valence-corrected chi connectivity index (χ3v) is 2.56. The van der Waals surface area contributed by atoms with Crippen molar-refractivity contribution in [2.45, 2.75) is 19.8 Å². The van der Waals surface area contributed by atoms with E-state index in [0.29, 0.717) is 25.1 Å². The van der Waals surface area contributed by atoms with E-state index in [9.17, 15) is 14.4 Å². The zero-order valence-corrected chi connectivity index (χ0v) is 8.23. The van der Waals surface area contributed by atoms with Crippen molar-refractivity contribution in [2.24, 2.45) is 0 Å². The quantitative estimate of drug-likeness (QED) is 0.607. The van der Waals surface area contributed by atoms with Gasteiger partial charge in [0.05, 0.1) is 0 Å². The largest absolute Gasteiger partial charge is 0.307 e. The third kappa shape index (κ3) is 2.30. The van der Waals surface area contributed by atoms with E-state index in [0.717, 1.165) is 16.7 Å². The average Bonchev–Trinajstić information content (AvgIpc) is 2.10. The van der Waals surface area contributed by atoms with E-state index >= 15 is 0 Å². The maximum atomic E-state index is 11.3. The van der Waals surface area contributed by atoms with Crippen LogP contribution in [0.1, 0.15) is 19.8 Å². The van der Waals surface area contributed by atoms with Gasteiger partial charge in [-0.25, -0.2) is 0 Å². The number of carbonyl (C=O) groups is 3. The lowest BCUT2D eigenvalue weighted by molar-refractivity contribution is -0.149. The zero-order chi connectivity index (χ0) is 9.84. The van der Waals surface area contributed by atoms with Gasteiger partial charge in [-0.2, -0.15) is 0 Å². The first-order valence-corrected chi connectivity index (χ1v) is 5.16. The minimum Gasteiger partial charge on any atom is -0.276 e. The molecule has 1 aliphatic heterocycles. The fraction of sp³-hybridized carbons (Fsp3) is 0.625. The first-order chi connectivity index (χ1) is 6.16. The molecule has 1 saturated heterocycles. The molecule has 0 aromatic rings. The summed E-state index contributed by atoms with van der Waals surface area (Å²) in [4.78, 5) is 34.5. The van der Waals surface area contributed by atoms with Gasteiger partial charge in [-0.3, -0.25) is 19.3 Å². The Morgan fingerprint density at radius 2 is 2.23 bits per heavy atom. The summed E-state index contributed by atoms with van der Waals surface area (Å²) in [5, 5.41) is -0.518. The van der Waals surface area contributed by atoms with Crippen molar-refractivity contribution >= 4 is 28.7 Å². The fourth-order valence-electron chi connectivity index (χ4n) is 1.09. The third-order valence-electron chi connectivity index (χ3n) is 1.73. The molecule has 5 heteroatoms. The topological polar surface area (TPSA) is 54.5 Å². The molecule has 1 rings (SSSR count). The van der Waals surface area contributed by atoms with E-state index < -0.39 is 11.0 Å². The van der Waals surface area contributed by atoms with Gasteiger partial charge < -0.3 is 0 Å². The van der Waals surface area contributed by atoms with Crippen LogP contribution in [0.3, 0.4) is 0 Å². The molecule has 13 heavy (non-hydrogen) atoms. The molecule has 1 heterocycles.